The average Bonchev–Trinajstić information content (AvgIpc) is 2.33. The van der Waals surface area contributed by atoms with Crippen LogP contribution in [0, 0.1) is 6.92 Å². The van der Waals surface area contributed by atoms with E-state index in [4.69, 9.17) is 17.3 Å². The molecule has 2 nitrogen and oxygen atoms in total. The Bertz CT molecular complexity index is 529. The maximum atomic E-state index is 6.05. The van der Waals surface area contributed by atoms with Crippen molar-refractivity contribution in [1.82, 2.24) is 4.98 Å². The first kappa shape index (κ1) is 12.3. The van der Waals surface area contributed by atoms with Gasteiger partial charge in [0.2, 0.25) is 0 Å². The fourth-order valence-corrected chi connectivity index (χ4v) is 2.71. The molecule has 0 fully saturated rings. The molecule has 1 aromatic carbocycles. The van der Waals surface area contributed by atoms with Crippen molar-refractivity contribution in [1.29, 1.82) is 0 Å². The van der Waals surface area contributed by atoms with Gasteiger partial charge in [-0.1, -0.05) is 23.7 Å². The highest BCUT2D eigenvalue weighted by Crippen LogP contribution is 2.29. The Morgan fingerprint density at radius 2 is 2.12 bits per heavy atom. The highest BCUT2D eigenvalue weighted by molar-refractivity contribution is 7.98. The van der Waals surface area contributed by atoms with Crippen LogP contribution in [0.3, 0.4) is 0 Å². The number of anilines is 1. The van der Waals surface area contributed by atoms with Crippen LogP contribution in [0.1, 0.15) is 11.1 Å². The fraction of sp³-hybridized carbons (Fsp3) is 0.154. The molecule has 0 unspecified atom stereocenters. The zero-order valence-corrected chi connectivity index (χ0v) is 11.1. The summed E-state index contributed by atoms with van der Waals surface area (Å²) < 4.78 is 0. The first-order chi connectivity index (χ1) is 8.18. The molecular weight excluding hydrogens is 252 g/mol. The lowest BCUT2D eigenvalue weighted by atomic mass is 10.1. The summed E-state index contributed by atoms with van der Waals surface area (Å²) >= 11 is 7.68. The second kappa shape index (κ2) is 5.43. The molecule has 17 heavy (non-hydrogen) atoms. The van der Waals surface area contributed by atoms with Gasteiger partial charge in [-0.2, -0.15) is 0 Å². The van der Waals surface area contributed by atoms with Gasteiger partial charge >= 0.3 is 0 Å². The Morgan fingerprint density at radius 3 is 2.88 bits per heavy atom. The number of rotatable bonds is 3. The lowest BCUT2D eigenvalue weighted by Gasteiger charge is -2.08. The number of pyridine rings is 1. The summed E-state index contributed by atoms with van der Waals surface area (Å²) in [5.74, 6) is 0.827. The molecule has 0 amide bonds. The van der Waals surface area contributed by atoms with Crippen molar-refractivity contribution in [3.63, 3.8) is 0 Å². The van der Waals surface area contributed by atoms with Crippen molar-refractivity contribution in [2.45, 2.75) is 17.7 Å². The van der Waals surface area contributed by atoms with Crippen LogP contribution in [0.2, 0.25) is 5.02 Å². The zero-order valence-electron chi connectivity index (χ0n) is 9.48. The lowest BCUT2D eigenvalue weighted by Crippen LogP contribution is -1.94. The molecule has 0 atom stereocenters. The van der Waals surface area contributed by atoms with Gasteiger partial charge in [0.15, 0.2) is 0 Å². The average molecular weight is 265 g/mol. The molecule has 0 aliphatic rings. The molecule has 1 aromatic heterocycles. The Kier molecular flexibility index (Phi) is 3.92. The van der Waals surface area contributed by atoms with Gasteiger partial charge < -0.3 is 5.73 Å². The number of benzene rings is 1. The number of hydrogen-bond acceptors (Lipinski definition) is 3. The predicted octanol–water partition coefficient (Wildman–Crippen LogP) is 3.92. The third kappa shape index (κ3) is 2.93. The van der Waals surface area contributed by atoms with E-state index in [9.17, 15) is 0 Å². The number of nitrogen functional groups attached to an aromatic ring is 1. The zero-order chi connectivity index (χ0) is 12.3. The van der Waals surface area contributed by atoms with Crippen LogP contribution in [0.25, 0.3) is 0 Å². The van der Waals surface area contributed by atoms with Crippen molar-refractivity contribution in [3.8, 4) is 0 Å². The first-order valence-electron chi connectivity index (χ1n) is 5.26. The largest absolute Gasteiger partial charge is 0.399 e. The molecule has 2 aromatic rings. The highest BCUT2D eigenvalue weighted by atomic mass is 35.5. The molecular formula is C13H13ClN2S. The molecule has 2 N–H and O–H groups in total. The van der Waals surface area contributed by atoms with E-state index in [-0.39, 0.29) is 0 Å². The van der Waals surface area contributed by atoms with Gasteiger partial charge in [0.05, 0.1) is 5.02 Å². The molecule has 0 saturated heterocycles. The summed E-state index contributed by atoms with van der Waals surface area (Å²) in [5.41, 5.74) is 9.05. The Hall–Kier alpha value is -1.19. The highest BCUT2D eigenvalue weighted by Gasteiger charge is 2.05. The quantitative estimate of drug-likeness (QED) is 0.675. The molecule has 0 aliphatic heterocycles. The minimum absolute atomic E-state index is 0.694. The number of aromatic nitrogens is 1. The third-order valence-electron chi connectivity index (χ3n) is 2.58. The van der Waals surface area contributed by atoms with Crippen molar-refractivity contribution in [2.24, 2.45) is 0 Å². The number of hydrogen-bond donors (Lipinski definition) is 1. The maximum absolute atomic E-state index is 6.05. The van der Waals surface area contributed by atoms with Crippen LogP contribution < -0.4 is 5.73 Å². The predicted molar refractivity (Wildman–Crippen MR) is 74.4 cm³/mol. The fourth-order valence-electron chi connectivity index (χ4n) is 1.48. The minimum Gasteiger partial charge on any atom is -0.399 e. The molecule has 4 heteroatoms. The van der Waals surface area contributed by atoms with Gasteiger partial charge in [0.1, 0.15) is 5.03 Å². The molecule has 88 valence electrons. The molecule has 0 bridgehead atoms. The Labute approximate surface area is 110 Å². The van der Waals surface area contributed by atoms with Gasteiger partial charge in [-0.25, -0.2) is 4.98 Å². The molecule has 0 aliphatic carbocycles. The molecule has 2 rings (SSSR count). The van der Waals surface area contributed by atoms with E-state index in [0.717, 1.165) is 22.0 Å². The van der Waals surface area contributed by atoms with Crippen molar-refractivity contribution < 1.29 is 0 Å². The number of halogens is 1. The van der Waals surface area contributed by atoms with E-state index in [1.165, 1.54) is 5.56 Å². The van der Waals surface area contributed by atoms with E-state index in [1.54, 1.807) is 18.0 Å². The summed E-state index contributed by atoms with van der Waals surface area (Å²) in [6.07, 6.45) is 1.75. The van der Waals surface area contributed by atoms with E-state index in [2.05, 4.69) is 11.1 Å². The van der Waals surface area contributed by atoms with E-state index < -0.39 is 0 Å². The molecule has 0 radical (unpaired) electrons. The summed E-state index contributed by atoms with van der Waals surface area (Å²) in [5, 5.41) is 1.55. The summed E-state index contributed by atoms with van der Waals surface area (Å²) in [7, 11) is 0. The minimum atomic E-state index is 0.694. The summed E-state index contributed by atoms with van der Waals surface area (Å²) in [4.78, 5) is 4.25. The first-order valence-corrected chi connectivity index (χ1v) is 6.62. The second-order valence-electron chi connectivity index (χ2n) is 3.71. The third-order valence-corrected chi connectivity index (χ3v) is 4.05. The number of nitrogens with zero attached hydrogens (tertiary/aromatic N) is 1. The van der Waals surface area contributed by atoms with Crippen LogP contribution in [0.15, 0.2) is 41.6 Å². The van der Waals surface area contributed by atoms with Gasteiger partial charge in [-0.05, 0) is 36.2 Å². The number of thioether (sulfide) groups is 1. The Morgan fingerprint density at radius 1 is 1.29 bits per heavy atom. The van der Waals surface area contributed by atoms with Crippen LogP contribution in [0.5, 0.6) is 0 Å². The van der Waals surface area contributed by atoms with Crippen molar-refractivity contribution >= 4 is 29.1 Å². The van der Waals surface area contributed by atoms with Gasteiger partial charge in [-0.3, -0.25) is 0 Å². The van der Waals surface area contributed by atoms with Crippen molar-refractivity contribution in [2.75, 3.05) is 5.73 Å². The normalized spacial score (nSPS) is 10.5. The summed E-state index contributed by atoms with van der Waals surface area (Å²) in [6.45, 7) is 2.03. The van der Waals surface area contributed by atoms with E-state index in [0.29, 0.717) is 5.02 Å². The molecule has 0 spiro atoms. The van der Waals surface area contributed by atoms with Crippen LogP contribution in [0.4, 0.5) is 5.69 Å². The Balaban J connectivity index is 2.13. The van der Waals surface area contributed by atoms with E-state index in [1.807, 2.05) is 31.2 Å². The van der Waals surface area contributed by atoms with Crippen LogP contribution in [-0.4, -0.2) is 4.98 Å². The van der Waals surface area contributed by atoms with Gasteiger partial charge in [-0.15, -0.1) is 11.8 Å². The number of nitrogens with two attached hydrogens (primary N) is 1. The second-order valence-corrected chi connectivity index (χ2v) is 5.08. The lowest BCUT2D eigenvalue weighted by molar-refractivity contribution is 1.13. The monoisotopic (exact) mass is 264 g/mol. The molecule has 1 heterocycles. The van der Waals surface area contributed by atoms with Gasteiger partial charge in [0.25, 0.3) is 0 Å². The SMILES string of the molecule is Cc1c(N)cccc1CSc1ncccc1Cl. The maximum Gasteiger partial charge on any atom is 0.115 e. The van der Waals surface area contributed by atoms with Crippen LogP contribution >= 0.6 is 23.4 Å². The van der Waals surface area contributed by atoms with Crippen molar-refractivity contribution in [3.05, 3.63) is 52.7 Å². The smallest absolute Gasteiger partial charge is 0.115 e. The topological polar surface area (TPSA) is 38.9 Å². The van der Waals surface area contributed by atoms with Crippen LogP contribution in [-0.2, 0) is 5.75 Å². The standard InChI is InChI=1S/C13H13ClN2S/c1-9-10(4-2-6-12(9)15)8-17-13-11(14)5-3-7-16-13/h2-7H,8,15H2,1H3. The van der Waals surface area contributed by atoms with Gasteiger partial charge in [0, 0.05) is 17.6 Å². The van der Waals surface area contributed by atoms with E-state index >= 15 is 0 Å². The summed E-state index contributed by atoms with van der Waals surface area (Å²) in [6, 6.07) is 9.65. The molecule has 0 saturated carbocycles.